The molecule has 0 aliphatic rings. The zero-order chi connectivity index (χ0) is 14.1. The number of benzene rings is 1. The lowest BCUT2D eigenvalue weighted by molar-refractivity contribution is 0.214. The zero-order valence-electron chi connectivity index (χ0n) is 11.2. The van der Waals surface area contributed by atoms with Gasteiger partial charge in [-0.1, -0.05) is 35.0 Å². The fourth-order valence-electron chi connectivity index (χ4n) is 1.70. The molecule has 1 aromatic carbocycles. The molecule has 106 valence electrons. The number of urea groups is 1. The van der Waals surface area contributed by atoms with Crippen molar-refractivity contribution < 1.29 is 9.90 Å². The SMILES string of the molecule is CCC(CO)NC(=O)NCCCc1cccc(Br)c1. The minimum absolute atomic E-state index is 0.0258. The fourth-order valence-corrected chi connectivity index (χ4v) is 2.15. The van der Waals surface area contributed by atoms with Crippen LogP contribution in [0.3, 0.4) is 0 Å². The lowest BCUT2D eigenvalue weighted by atomic mass is 10.1. The minimum Gasteiger partial charge on any atom is -0.394 e. The Labute approximate surface area is 122 Å². The van der Waals surface area contributed by atoms with Gasteiger partial charge in [-0.3, -0.25) is 0 Å². The van der Waals surface area contributed by atoms with Crippen LogP contribution in [0.4, 0.5) is 4.79 Å². The monoisotopic (exact) mass is 328 g/mol. The highest BCUT2D eigenvalue weighted by atomic mass is 79.9. The van der Waals surface area contributed by atoms with Crippen LogP contribution in [0.25, 0.3) is 0 Å². The number of rotatable bonds is 7. The van der Waals surface area contributed by atoms with Crippen molar-refractivity contribution >= 4 is 22.0 Å². The van der Waals surface area contributed by atoms with Crippen LogP contribution in [-0.4, -0.2) is 30.3 Å². The number of amides is 2. The molecule has 2 amide bonds. The normalized spacial score (nSPS) is 11.9. The van der Waals surface area contributed by atoms with E-state index < -0.39 is 0 Å². The second-order valence-electron chi connectivity index (χ2n) is 4.42. The van der Waals surface area contributed by atoms with E-state index in [4.69, 9.17) is 5.11 Å². The van der Waals surface area contributed by atoms with E-state index in [1.54, 1.807) is 0 Å². The van der Waals surface area contributed by atoms with Gasteiger partial charge >= 0.3 is 6.03 Å². The molecule has 0 saturated heterocycles. The van der Waals surface area contributed by atoms with Gasteiger partial charge in [-0.25, -0.2) is 4.79 Å². The summed E-state index contributed by atoms with van der Waals surface area (Å²) in [5.74, 6) is 0. The van der Waals surface area contributed by atoms with Crippen LogP contribution in [0, 0.1) is 0 Å². The molecule has 4 nitrogen and oxygen atoms in total. The van der Waals surface area contributed by atoms with Crippen LogP contribution in [0.1, 0.15) is 25.3 Å². The van der Waals surface area contributed by atoms with Gasteiger partial charge in [0.25, 0.3) is 0 Å². The molecule has 3 N–H and O–H groups in total. The maximum absolute atomic E-state index is 11.5. The van der Waals surface area contributed by atoms with E-state index in [9.17, 15) is 4.79 Å². The third kappa shape index (κ3) is 6.59. The van der Waals surface area contributed by atoms with E-state index >= 15 is 0 Å². The summed E-state index contributed by atoms with van der Waals surface area (Å²) in [6.07, 6.45) is 2.54. The number of aliphatic hydroxyl groups excluding tert-OH is 1. The predicted molar refractivity (Wildman–Crippen MR) is 80.2 cm³/mol. The van der Waals surface area contributed by atoms with Gasteiger partial charge in [0.2, 0.25) is 0 Å². The summed E-state index contributed by atoms with van der Waals surface area (Å²) >= 11 is 3.43. The molecule has 5 heteroatoms. The third-order valence-corrected chi connectivity index (χ3v) is 3.36. The second-order valence-corrected chi connectivity index (χ2v) is 5.34. The molecule has 0 spiro atoms. The molecule has 1 unspecified atom stereocenters. The van der Waals surface area contributed by atoms with Crippen LogP contribution in [0.15, 0.2) is 28.7 Å². The lowest BCUT2D eigenvalue weighted by Gasteiger charge is -2.14. The van der Waals surface area contributed by atoms with E-state index in [0.29, 0.717) is 6.54 Å². The third-order valence-electron chi connectivity index (χ3n) is 2.87. The molecule has 0 saturated carbocycles. The van der Waals surface area contributed by atoms with Gasteiger partial charge in [-0.2, -0.15) is 0 Å². The Morgan fingerprint density at radius 3 is 2.89 bits per heavy atom. The van der Waals surface area contributed by atoms with Crippen molar-refractivity contribution in [3.05, 3.63) is 34.3 Å². The van der Waals surface area contributed by atoms with Crippen molar-refractivity contribution in [1.29, 1.82) is 0 Å². The van der Waals surface area contributed by atoms with Crippen LogP contribution in [0.5, 0.6) is 0 Å². The first-order valence-corrected chi connectivity index (χ1v) is 7.34. The molecule has 1 aromatic rings. The Kier molecular flexibility index (Phi) is 7.52. The standard InChI is InChI=1S/C14H21BrN2O2/c1-2-13(10-18)17-14(19)16-8-4-6-11-5-3-7-12(15)9-11/h3,5,7,9,13,18H,2,4,6,8,10H2,1H3,(H2,16,17,19). The van der Waals surface area contributed by atoms with Gasteiger partial charge < -0.3 is 15.7 Å². The molecule has 0 radical (unpaired) electrons. The van der Waals surface area contributed by atoms with Gasteiger partial charge in [0, 0.05) is 11.0 Å². The van der Waals surface area contributed by atoms with E-state index in [0.717, 1.165) is 23.7 Å². The quantitative estimate of drug-likeness (QED) is 0.673. The predicted octanol–water partition coefficient (Wildman–Crippen LogP) is 2.45. The van der Waals surface area contributed by atoms with Gasteiger partial charge in [0.05, 0.1) is 12.6 Å². The number of carbonyl (C=O) groups is 1. The number of nitrogens with one attached hydrogen (secondary N) is 2. The number of aliphatic hydroxyl groups is 1. The highest BCUT2D eigenvalue weighted by molar-refractivity contribution is 9.10. The van der Waals surface area contributed by atoms with Gasteiger partial charge in [0.1, 0.15) is 0 Å². The number of carbonyl (C=O) groups excluding carboxylic acids is 1. The topological polar surface area (TPSA) is 61.4 Å². The Hall–Kier alpha value is -1.07. The summed E-state index contributed by atoms with van der Waals surface area (Å²) in [5, 5.41) is 14.5. The molecule has 0 aromatic heterocycles. The fraction of sp³-hybridized carbons (Fsp3) is 0.500. The summed E-state index contributed by atoms with van der Waals surface area (Å²) in [6, 6.07) is 7.78. The minimum atomic E-state index is -0.213. The average Bonchev–Trinajstić information content (AvgIpc) is 2.41. The van der Waals surface area contributed by atoms with E-state index in [1.165, 1.54) is 5.56 Å². The maximum atomic E-state index is 11.5. The largest absolute Gasteiger partial charge is 0.394 e. The van der Waals surface area contributed by atoms with Gasteiger partial charge in [-0.15, -0.1) is 0 Å². The van der Waals surface area contributed by atoms with E-state index in [2.05, 4.69) is 38.7 Å². The molecular formula is C14H21BrN2O2. The highest BCUT2D eigenvalue weighted by Crippen LogP contribution is 2.12. The van der Waals surface area contributed by atoms with E-state index in [-0.39, 0.29) is 18.7 Å². The number of halogens is 1. The lowest BCUT2D eigenvalue weighted by Crippen LogP contribution is -2.43. The van der Waals surface area contributed by atoms with Crippen molar-refractivity contribution in [2.45, 2.75) is 32.2 Å². The van der Waals surface area contributed by atoms with Crippen LogP contribution < -0.4 is 10.6 Å². The van der Waals surface area contributed by atoms with Crippen molar-refractivity contribution in [1.82, 2.24) is 10.6 Å². The first-order valence-electron chi connectivity index (χ1n) is 6.55. The first kappa shape index (κ1) is 16.0. The van der Waals surface area contributed by atoms with Gasteiger partial charge in [-0.05, 0) is 37.0 Å². The second kappa shape index (κ2) is 8.93. The van der Waals surface area contributed by atoms with Gasteiger partial charge in [0.15, 0.2) is 0 Å². The molecule has 0 aliphatic heterocycles. The van der Waals surface area contributed by atoms with Crippen molar-refractivity contribution in [3.63, 3.8) is 0 Å². The summed E-state index contributed by atoms with van der Waals surface area (Å²) in [6.45, 7) is 2.52. The molecule has 19 heavy (non-hydrogen) atoms. The summed E-state index contributed by atoms with van der Waals surface area (Å²) < 4.78 is 1.07. The average molecular weight is 329 g/mol. The smallest absolute Gasteiger partial charge is 0.315 e. The van der Waals surface area contributed by atoms with Crippen LogP contribution >= 0.6 is 15.9 Å². The number of hydrogen-bond acceptors (Lipinski definition) is 2. The molecule has 1 atom stereocenters. The van der Waals surface area contributed by atoms with Crippen molar-refractivity contribution in [3.8, 4) is 0 Å². The molecule has 0 bridgehead atoms. The van der Waals surface area contributed by atoms with E-state index in [1.807, 2.05) is 19.1 Å². The molecular weight excluding hydrogens is 308 g/mol. The Bertz CT molecular complexity index is 395. The molecule has 1 rings (SSSR count). The zero-order valence-corrected chi connectivity index (χ0v) is 12.7. The summed E-state index contributed by atoms with van der Waals surface area (Å²) in [7, 11) is 0. The first-order chi connectivity index (χ1) is 9.15. The van der Waals surface area contributed by atoms with Crippen molar-refractivity contribution in [2.75, 3.05) is 13.2 Å². The molecule has 0 heterocycles. The van der Waals surface area contributed by atoms with Crippen LogP contribution in [-0.2, 0) is 6.42 Å². The van der Waals surface area contributed by atoms with Crippen LogP contribution in [0.2, 0.25) is 0 Å². The maximum Gasteiger partial charge on any atom is 0.315 e. The summed E-state index contributed by atoms with van der Waals surface area (Å²) in [5.41, 5.74) is 1.25. The number of hydrogen-bond donors (Lipinski definition) is 3. The number of aryl methyl sites for hydroxylation is 1. The molecule has 0 aliphatic carbocycles. The summed E-state index contributed by atoms with van der Waals surface area (Å²) in [4.78, 5) is 11.5. The molecule has 0 fully saturated rings. The Balaban J connectivity index is 2.18. The van der Waals surface area contributed by atoms with Crippen molar-refractivity contribution in [2.24, 2.45) is 0 Å². The Morgan fingerprint density at radius 1 is 1.47 bits per heavy atom. The Morgan fingerprint density at radius 2 is 2.26 bits per heavy atom. The highest BCUT2D eigenvalue weighted by Gasteiger charge is 2.07.